The number of anilines is 2. The number of nitrogens with zero attached hydrogens (tertiary/aromatic N) is 1. The van der Waals surface area contributed by atoms with Gasteiger partial charge in [0.25, 0.3) is 0 Å². The third kappa shape index (κ3) is 4.37. The summed E-state index contributed by atoms with van der Waals surface area (Å²) in [7, 11) is 1.47. The van der Waals surface area contributed by atoms with Crippen LogP contribution in [-0.4, -0.2) is 28.9 Å². The van der Waals surface area contributed by atoms with E-state index in [4.69, 9.17) is 4.74 Å². The average molecular weight is 418 g/mol. The molecule has 0 unspecified atom stereocenters. The molecule has 0 radical (unpaired) electrons. The topological polar surface area (TPSA) is 96.1 Å². The summed E-state index contributed by atoms with van der Waals surface area (Å²) in [6.07, 6.45) is 3.27. The van der Waals surface area contributed by atoms with Crippen molar-refractivity contribution in [2.45, 2.75) is 6.67 Å². The van der Waals surface area contributed by atoms with Crippen LogP contribution in [0.4, 0.5) is 20.6 Å². The lowest BCUT2D eigenvalue weighted by Gasteiger charge is -2.11. The maximum absolute atomic E-state index is 13.0. The Morgan fingerprint density at radius 1 is 1.06 bits per heavy atom. The zero-order valence-corrected chi connectivity index (χ0v) is 16.6. The number of carbonyl (C=O) groups excluding carboxylic acids is 2. The zero-order valence-electron chi connectivity index (χ0n) is 16.6. The number of urea groups is 1. The van der Waals surface area contributed by atoms with Crippen molar-refractivity contribution < 1.29 is 18.7 Å². The lowest BCUT2D eigenvalue weighted by atomic mass is 10.0. The molecule has 4 aromatic rings. The molecule has 0 aliphatic carbocycles. The third-order valence-corrected chi connectivity index (χ3v) is 4.69. The van der Waals surface area contributed by atoms with Gasteiger partial charge in [0.2, 0.25) is 0 Å². The molecule has 0 spiro atoms. The van der Waals surface area contributed by atoms with Crippen molar-refractivity contribution in [3.63, 3.8) is 0 Å². The molecule has 0 atom stereocenters. The number of nitrogens with one attached hydrogen (secondary N) is 3. The van der Waals surface area contributed by atoms with Gasteiger partial charge in [-0.15, -0.1) is 0 Å². The van der Waals surface area contributed by atoms with Crippen molar-refractivity contribution in [3.8, 4) is 5.75 Å². The SMILES string of the molecule is COc1cc(CF)cc(NC(=O)Nc2cccc(C(=O)c3c[nH]c4ncccc34)c2)c1. The number of ketones is 1. The number of H-pyrrole nitrogens is 1. The van der Waals surface area contributed by atoms with E-state index >= 15 is 0 Å². The number of fused-ring (bicyclic) bond motifs is 1. The number of pyridine rings is 1. The minimum Gasteiger partial charge on any atom is -0.497 e. The molecule has 0 fully saturated rings. The van der Waals surface area contributed by atoms with Crippen molar-refractivity contribution in [1.29, 1.82) is 0 Å². The number of methoxy groups -OCH3 is 1. The van der Waals surface area contributed by atoms with Gasteiger partial charge >= 0.3 is 6.03 Å². The van der Waals surface area contributed by atoms with Crippen molar-refractivity contribution in [2.24, 2.45) is 0 Å². The number of hydrogen-bond acceptors (Lipinski definition) is 4. The van der Waals surface area contributed by atoms with Gasteiger partial charge in [0, 0.05) is 46.3 Å². The first-order chi connectivity index (χ1) is 15.1. The smallest absolute Gasteiger partial charge is 0.323 e. The maximum Gasteiger partial charge on any atom is 0.323 e. The largest absolute Gasteiger partial charge is 0.497 e. The number of aromatic amines is 1. The highest BCUT2D eigenvalue weighted by Crippen LogP contribution is 2.23. The number of carbonyl (C=O) groups is 2. The van der Waals surface area contributed by atoms with E-state index in [9.17, 15) is 14.0 Å². The normalized spacial score (nSPS) is 10.6. The van der Waals surface area contributed by atoms with E-state index in [1.54, 1.807) is 54.9 Å². The Hall–Kier alpha value is -4.20. The van der Waals surface area contributed by atoms with Gasteiger partial charge in [0.1, 0.15) is 18.1 Å². The minimum atomic E-state index is -0.680. The van der Waals surface area contributed by atoms with E-state index in [2.05, 4.69) is 20.6 Å². The summed E-state index contributed by atoms with van der Waals surface area (Å²) < 4.78 is 18.1. The highest BCUT2D eigenvalue weighted by Gasteiger charge is 2.15. The Labute approximate surface area is 177 Å². The predicted octanol–water partition coefficient (Wildman–Crippen LogP) is 4.92. The fourth-order valence-corrected chi connectivity index (χ4v) is 3.26. The Bertz CT molecular complexity index is 1250. The van der Waals surface area contributed by atoms with Crippen LogP contribution in [0.25, 0.3) is 11.0 Å². The molecule has 8 heteroatoms. The van der Waals surface area contributed by atoms with Crippen LogP contribution in [0.2, 0.25) is 0 Å². The molecule has 2 aromatic heterocycles. The number of alkyl halides is 1. The van der Waals surface area contributed by atoms with E-state index in [1.807, 2.05) is 6.07 Å². The van der Waals surface area contributed by atoms with Gasteiger partial charge in [-0.2, -0.15) is 0 Å². The summed E-state index contributed by atoms with van der Waals surface area (Å²) in [6.45, 7) is -0.680. The van der Waals surface area contributed by atoms with Crippen LogP contribution in [0.3, 0.4) is 0 Å². The van der Waals surface area contributed by atoms with Crippen LogP contribution in [0, 0.1) is 0 Å². The first-order valence-corrected chi connectivity index (χ1v) is 9.46. The van der Waals surface area contributed by atoms with Gasteiger partial charge in [-0.25, -0.2) is 14.2 Å². The standard InChI is InChI=1S/C23H19FN4O3/c1-31-18-9-14(12-24)8-17(11-18)28-23(30)27-16-5-2-4-15(10-16)21(29)20-13-26-22-19(20)6-3-7-25-22/h2-11,13H,12H2,1H3,(H,25,26)(H2,27,28,30). The van der Waals surface area contributed by atoms with Gasteiger partial charge in [0.15, 0.2) is 5.78 Å². The molecule has 2 heterocycles. The van der Waals surface area contributed by atoms with Crippen molar-refractivity contribution in [3.05, 3.63) is 83.7 Å². The number of rotatable bonds is 6. The summed E-state index contributed by atoms with van der Waals surface area (Å²) in [6, 6.07) is 14.3. The maximum atomic E-state index is 13.0. The van der Waals surface area contributed by atoms with Gasteiger partial charge in [-0.05, 0) is 42.0 Å². The van der Waals surface area contributed by atoms with Crippen LogP contribution in [0.15, 0.2) is 67.0 Å². The Kier molecular flexibility index (Phi) is 5.61. The fraction of sp³-hybridized carbons (Fsp3) is 0.0870. The third-order valence-electron chi connectivity index (χ3n) is 4.69. The number of aromatic nitrogens is 2. The quantitative estimate of drug-likeness (QED) is 0.388. The number of ether oxygens (including phenoxy) is 1. The summed E-state index contributed by atoms with van der Waals surface area (Å²) in [5, 5.41) is 6.06. The molecule has 0 saturated carbocycles. The van der Waals surface area contributed by atoms with E-state index in [0.29, 0.717) is 39.5 Å². The van der Waals surface area contributed by atoms with Gasteiger partial charge in [0.05, 0.1) is 7.11 Å². The molecular formula is C23H19FN4O3. The highest BCUT2D eigenvalue weighted by molar-refractivity contribution is 6.16. The first kappa shape index (κ1) is 20.1. The lowest BCUT2D eigenvalue weighted by Crippen LogP contribution is -2.19. The molecule has 0 aliphatic rings. The summed E-state index contributed by atoms with van der Waals surface area (Å²) in [5.41, 5.74) is 2.77. The molecule has 0 aliphatic heterocycles. The summed E-state index contributed by atoms with van der Waals surface area (Å²) >= 11 is 0. The highest BCUT2D eigenvalue weighted by atomic mass is 19.1. The molecule has 7 nitrogen and oxygen atoms in total. The van der Waals surface area contributed by atoms with Crippen molar-refractivity contribution in [2.75, 3.05) is 17.7 Å². The van der Waals surface area contributed by atoms with Gasteiger partial charge in [-0.3, -0.25) is 4.79 Å². The molecule has 2 aromatic carbocycles. The van der Waals surface area contributed by atoms with Crippen LogP contribution < -0.4 is 15.4 Å². The number of halogens is 1. The van der Waals surface area contributed by atoms with E-state index < -0.39 is 12.7 Å². The van der Waals surface area contributed by atoms with E-state index in [1.165, 1.54) is 13.2 Å². The van der Waals surface area contributed by atoms with E-state index in [-0.39, 0.29) is 5.78 Å². The second-order valence-corrected chi connectivity index (χ2v) is 6.79. The van der Waals surface area contributed by atoms with Crippen molar-refractivity contribution in [1.82, 2.24) is 9.97 Å². The van der Waals surface area contributed by atoms with Gasteiger partial charge < -0.3 is 20.4 Å². The number of amides is 2. The number of benzene rings is 2. The monoisotopic (exact) mass is 418 g/mol. The molecule has 3 N–H and O–H groups in total. The second-order valence-electron chi connectivity index (χ2n) is 6.79. The molecular weight excluding hydrogens is 399 g/mol. The molecule has 0 saturated heterocycles. The Morgan fingerprint density at radius 2 is 1.90 bits per heavy atom. The van der Waals surface area contributed by atoms with Crippen LogP contribution >= 0.6 is 0 Å². The van der Waals surface area contributed by atoms with Crippen LogP contribution in [0.1, 0.15) is 21.5 Å². The Morgan fingerprint density at radius 3 is 2.71 bits per heavy atom. The fourth-order valence-electron chi connectivity index (χ4n) is 3.26. The molecule has 4 rings (SSSR count). The molecule has 0 bridgehead atoms. The van der Waals surface area contributed by atoms with E-state index in [0.717, 1.165) is 5.39 Å². The first-order valence-electron chi connectivity index (χ1n) is 9.46. The molecule has 2 amide bonds. The molecule has 156 valence electrons. The predicted molar refractivity (Wildman–Crippen MR) is 116 cm³/mol. The zero-order chi connectivity index (χ0) is 21.8. The number of hydrogen-bond donors (Lipinski definition) is 3. The minimum absolute atomic E-state index is 0.191. The molecule has 31 heavy (non-hydrogen) atoms. The second kappa shape index (κ2) is 8.66. The van der Waals surface area contributed by atoms with Crippen LogP contribution in [-0.2, 0) is 6.67 Å². The Balaban J connectivity index is 1.51. The summed E-state index contributed by atoms with van der Waals surface area (Å²) in [4.78, 5) is 32.6. The lowest BCUT2D eigenvalue weighted by molar-refractivity contribution is 0.104. The van der Waals surface area contributed by atoms with Crippen molar-refractivity contribution >= 4 is 34.2 Å². The van der Waals surface area contributed by atoms with Crippen LogP contribution in [0.5, 0.6) is 5.75 Å². The van der Waals surface area contributed by atoms with Gasteiger partial charge in [-0.1, -0.05) is 12.1 Å². The average Bonchev–Trinajstić information content (AvgIpc) is 3.22. The summed E-state index contributed by atoms with van der Waals surface area (Å²) in [5.74, 6) is 0.245.